The summed E-state index contributed by atoms with van der Waals surface area (Å²) in [5.41, 5.74) is 3.76. The molecule has 0 radical (unpaired) electrons. The van der Waals surface area contributed by atoms with Crippen molar-refractivity contribution in [3.05, 3.63) is 84.1 Å². The van der Waals surface area contributed by atoms with E-state index in [1.807, 2.05) is 71.0 Å². The van der Waals surface area contributed by atoms with Crippen LogP contribution in [0.4, 0.5) is 5.82 Å². The number of anilines is 1. The van der Waals surface area contributed by atoms with E-state index in [-0.39, 0.29) is 18.4 Å². The molecular formula is C32H37N7O2. The molecule has 2 N–H and O–H groups in total. The molecule has 1 saturated heterocycles. The number of nitrogens with zero attached hydrogens (tertiary/aromatic N) is 5. The Morgan fingerprint density at radius 1 is 0.927 bits per heavy atom. The minimum Gasteiger partial charge on any atom is -0.368 e. The first kappa shape index (κ1) is 28.0. The van der Waals surface area contributed by atoms with Gasteiger partial charge in [0.25, 0.3) is 0 Å². The Morgan fingerprint density at radius 2 is 1.63 bits per heavy atom. The van der Waals surface area contributed by atoms with Crippen LogP contribution in [-0.2, 0) is 16.1 Å². The summed E-state index contributed by atoms with van der Waals surface area (Å²) in [5, 5.41) is 7.01. The summed E-state index contributed by atoms with van der Waals surface area (Å²) >= 11 is 0. The summed E-state index contributed by atoms with van der Waals surface area (Å²) in [6.07, 6.45) is 4.33. The monoisotopic (exact) mass is 551 g/mol. The van der Waals surface area contributed by atoms with Crippen molar-refractivity contribution in [2.24, 2.45) is 0 Å². The van der Waals surface area contributed by atoms with Crippen LogP contribution in [0.5, 0.6) is 0 Å². The molecule has 9 nitrogen and oxygen atoms in total. The van der Waals surface area contributed by atoms with Gasteiger partial charge in [-0.3, -0.25) is 14.5 Å². The number of aryl methyl sites for hydroxylation is 1. The first-order chi connectivity index (χ1) is 20.0. The van der Waals surface area contributed by atoms with E-state index in [1.54, 1.807) is 0 Å². The van der Waals surface area contributed by atoms with Gasteiger partial charge in [-0.1, -0.05) is 72.8 Å². The number of benzene rings is 2. The van der Waals surface area contributed by atoms with Gasteiger partial charge < -0.3 is 20.1 Å². The zero-order valence-corrected chi connectivity index (χ0v) is 23.7. The number of rotatable bonds is 10. The van der Waals surface area contributed by atoms with E-state index in [1.165, 1.54) is 12.5 Å². The maximum Gasteiger partial charge on any atom is 0.242 e. The molecular weight excluding hydrogens is 514 g/mol. The number of hydrogen-bond donors (Lipinski definition) is 2. The standard InChI is InChI=1S/C32H37N7O2/c1-24-22-28-31(34-16-15-33-25(2)40)35-30(27-13-7-4-8-14-27)36-32(28)39(24)23-29(41)38-20-18-37(19-21-38)17-9-12-26-10-5-3-6-11-26/h3-14,22H,15-21,23H2,1-2H3,(H,33,40)(H,34,35,36). The quantitative estimate of drug-likeness (QED) is 0.291. The second-order valence-electron chi connectivity index (χ2n) is 10.3. The van der Waals surface area contributed by atoms with E-state index in [4.69, 9.17) is 9.97 Å². The van der Waals surface area contributed by atoms with E-state index < -0.39 is 0 Å². The first-order valence-electron chi connectivity index (χ1n) is 14.1. The molecule has 212 valence electrons. The highest BCUT2D eigenvalue weighted by molar-refractivity contribution is 5.91. The van der Waals surface area contributed by atoms with Gasteiger partial charge >= 0.3 is 0 Å². The number of aromatic nitrogens is 3. The minimum atomic E-state index is -0.0744. The summed E-state index contributed by atoms with van der Waals surface area (Å²) in [4.78, 5) is 38.8. The van der Waals surface area contributed by atoms with Gasteiger partial charge in [0.2, 0.25) is 11.8 Å². The van der Waals surface area contributed by atoms with Gasteiger partial charge in [0, 0.05) is 64.0 Å². The van der Waals surface area contributed by atoms with Crippen LogP contribution in [0.2, 0.25) is 0 Å². The lowest BCUT2D eigenvalue weighted by molar-refractivity contribution is -0.133. The van der Waals surface area contributed by atoms with Gasteiger partial charge in [0.1, 0.15) is 18.0 Å². The predicted molar refractivity (Wildman–Crippen MR) is 163 cm³/mol. The third-order valence-electron chi connectivity index (χ3n) is 7.28. The van der Waals surface area contributed by atoms with Crippen LogP contribution in [0.15, 0.2) is 72.8 Å². The lowest BCUT2D eigenvalue weighted by atomic mass is 10.2. The Kier molecular flexibility index (Phi) is 9.05. The minimum absolute atomic E-state index is 0.0744. The van der Waals surface area contributed by atoms with E-state index in [2.05, 4.69) is 39.8 Å². The molecule has 1 fully saturated rings. The number of fused-ring (bicyclic) bond motifs is 1. The summed E-state index contributed by atoms with van der Waals surface area (Å²) in [7, 11) is 0. The molecule has 3 heterocycles. The number of carbonyl (C=O) groups excluding carboxylic acids is 2. The molecule has 2 aromatic heterocycles. The van der Waals surface area contributed by atoms with Crippen LogP contribution in [0.3, 0.4) is 0 Å². The van der Waals surface area contributed by atoms with Gasteiger partial charge in [-0.15, -0.1) is 0 Å². The molecule has 0 saturated carbocycles. The lowest BCUT2D eigenvalue weighted by Gasteiger charge is -2.34. The summed E-state index contributed by atoms with van der Waals surface area (Å²) in [5.74, 6) is 1.29. The highest BCUT2D eigenvalue weighted by Crippen LogP contribution is 2.28. The molecule has 0 atom stereocenters. The fourth-order valence-corrected chi connectivity index (χ4v) is 5.04. The van der Waals surface area contributed by atoms with Crippen LogP contribution in [-0.4, -0.2) is 82.0 Å². The van der Waals surface area contributed by atoms with Gasteiger partial charge in [-0.05, 0) is 18.6 Å². The van der Waals surface area contributed by atoms with E-state index >= 15 is 0 Å². The van der Waals surface area contributed by atoms with Crippen molar-refractivity contribution in [2.45, 2.75) is 20.4 Å². The molecule has 0 bridgehead atoms. The van der Waals surface area contributed by atoms with Crippen molar-refractivity contribution in [3.63, 3.8) is 0 Å². The van der Waals surface area contributed by atoms with Crippen LogP contribution >= 0.6 is 0 Å². The molecule has 5 rings (SSSR count). The van der Waals surface area contributed by atoms with Crippen LogP contribution in [0, 0.1) is 6.92 Å². The molecule has 4 aromatic rings. The Balaban J connectivity index is 1.29. The molecule has 9 heteroatoms. The average molecular weight is 552 g/mol. The zero-order chi connectivity index (χ0) is 28.6. The largest absolute Gasteiger partial charge is 0.368 e. The van der Waals surface area contributed by atoms with Crippen molar-refractivity contribution in [1.29, 1.82) is 0 Å². The number of piperazine rings is 1. The Labute approximate surface area is 240 Å². The molecule has 0 unspecified atom stereocenters. The van der Waals surface area contributed by atoms with Gasteiger partial charge in [-0.2, -0.15) is 0 Å². The normalized spacial score (nSPS) is 14.0. The third kappa shape index (κ3) is 7.18. The number of hydrogen-bond acceptors (Lipinski definition) is 6. The fraction of sp³-hybridized carbons (Fsp3) is 0.312. The Hall–Kier alpha value is -4.50. The highest BCUT2D eigenvalue weighted by Gasteiger charge is 2.23. The fourth-order valence-electron chi connectivity index (χ4n) is 5.04. The zero-order valence-electron chi connectivity index (χ0n) is 23.7. The van der Waals surface area contributed by atoms with Crippen molar-refractivity contribution in [1.82, 2.24) is 29.7 Å². The van der Waals surface area contributed by atoms with E-state index in [0.29, 0.717) is 37.8 Å². The summed E-state index contributed by atoms with van der Waals surface area (Å²) in [6.45, 7) is 8.69. The molecule has 2 aromatic carbocycles. The second-order valence-corrected chi connectivity index (χ2v) is 10.3. The predicted octanol–water partition coefficient (Wildman–Crippen LogP) is 3.81. The summed E-state index contributed by atoms with van der Waals surface area (Å²) < 4.78 is 1.99. The van der Waals surface area contributed by atoms with Gasteiger partial charge in [0.05, 0.1) is 5.39 Å². The topological polar surface area (TPSA) is 95.4 Å². The first-order valence-corrected chi connectivity index (χ1v) is 14.1. The van der Waals surface area contributed by atoms with Crippen LogP contribution < -0.4 is 10.6 Å². The van der Waals surface area contributed by atoms with E-state index in [0.717, 1.165) is 41.9 Å². The maximum atomic E-state index is 13.5. The van der Waals surface area contributed by atoms with E-state index in [9.17, 15) is 9.59 Å². The summed E-state index contributed by atoms with van der Waals surface area (Å²) in [6, 6.07) is 22.1. The van der Waals surface area contributed by atoms with Gasteiger partial charge in [-0.25, -0.2) is 9.97 Å². The van der Waals surface area contributed by atoms with Gasteiger partial charge in [0.15, 0.2) is 5.82 Å². The average Bonchev–Trinajstić information content (AvgIpc) is 3.31. The smallest absolute Gasteiger partial charge is 0.242 e. The lowest BCUT2D eigenvalue weighted by Crippen LogP contribution is -2.49. The van der Waals surface area contributed by atoms with Crippen molar-refractivity contribution in [2.75, 3.05) is 51.1 Å². The number of carbonyl (C=O) groups is 2. The van der Waals surface area contributed by atoms with Crippen molar-refractivity contribution < 1.29 is 9.59 Å². The Bertz CT molecular complexity index is 1510. The van der Waals surface area contributed by atoms with Crippen molar-refractivity contribution >= 4 is 34.7 Å². The molecule has 1 aliphatic heterocycles. The van der Waals surface area contributed by atoms with Crippen molar-refractivity contribution in [3.8, 4) is 11.4 Å². The molecule has 1 aliphatic rings. The highest BCUT2D eigenvalue weighted by atomic mass is 16.2. The molecule has 0 spiro atoms. The van der Waals surface area contributed by atoms with Crippen LogP contribution in [0.1, 0.15) is 18.2 Å². The Morgan fingerprint density at radius 3 is 2.34 bits per heavy atom. The van der Waals surface area contributed by atoms with Crippen LogP contribution in [0.25, 0.3) is 28.5 Å². The second kappa shape index (κ2) is 13.2. The molecule has 0 aliphatic carbocycles. The molecule has 41 heavy (non-hydrogen) atoms. The number of nitrogens with one attached hydrogen (secondary N) is 2. The maximum absolute atomic E-state index is 13.5. The SMILES string of the molecule is CC(=O)NCCNc1nc(-c2ccccc2)nc2c1cc(C)n2CC(=O)N1CCN(CC=Cc2ccccc2)CC1. The molecule has 2 amide bonds. The third-order valence-corrected chi connectivity index (χ3v) is 7.28. The number of amides is 2.